The van der Waals surface area contributed by atoms with E-state index < -0.39 is 0 Å². The molecule has 0 bridgehead atoms. The van der Waals surface area contributed by atoms with Crippen LogP contribution in [0.3, 0.4) is 0 Å². The smallest absolute Gasteiger partial charge is 0.287 e. The summed E-state index contributed by atoms with van der Waals surface area (Å²) in [7, 11) is 0. The van der Waals surface area contributed by atoms with Crippen LogP contribution in [-0.4, -0.2) is 27.0 Å². The van der Waals surface area contributed by atoms with E-state index in [2.05, 4.69) is 38.3 Å². The third kappa shape index (κ3) is 3.42. The Kier molecular flexibility index (Phi) is 4.60. The number of fused-ring (bicyclic) bond motifs is 1. The average Bonchev–Trinajstić information content (AvgIpc) is 3.32. The number of nitrogens with one attached hydrogen (secondary N) is 1. The van der Waals surface area contributed by atoms with Gasteiger partial charge in [-0.2, -0.15) is 4.98 Å². The van der Waals surface area contributed by atoms with E-state index in [1.54, 1.807) is 23.5 Å². The highest BCUT2D eigenvalue weighted by Gasteiger charge is 2.13. The number of rotatable bonds is 5. The Balaban J connectivity index is 1.45. The Labute approximate surface area is 162 Å². The fourth-order valence-corrected chi connectivity index (χ4v) is 3.71. The first-order valence-corrected chi connectivity index (χ1v) is 9.71. The highest BCUT2D eigenvalue weighted by atomic mass is 79.9. The number of thiazole rings is 1. The van der Waals surface area contributed by atoms with Crippen molar-refractivity contribution in [3.05, 3.63) is 63.5 Å². The Bertz CT molecular complexity index is 1060. The number of hydrogen-bond donors (Lipinski definition) is 1. The lowest BCUT2D eigenvalue weighted by molar-refractivity contribution is 0.0925. The van der Waals surface area contributed by atoms with Crippen molar-refractivity contribution in [1.82, 2.24) is 19.9 Å². The van der Waals surface area contributed by atoms with Crippen molar-refractivity contribution in [2.75, 3.05) is 6.54 Å². The molecule has 4 rings (SSSR count). The van der Waals surface area contributed by atoms with E-state index in [1.165, 1.54) is 5.56 Å². The van der Waals surface area contributed by atoms with Crippen LogP contribution in [0.4, 0.5) is 0 Å². The van der Waals surface area contributed by atoms with Gasteiger partial charge in [-0.25, -0.2) is 4.52 Å². The minimum absolute atomic E-state index is 0.235. The van der Waals surface area contributed by atoms with Crippen LogP contribution >= 0.6 is 27.3 Å². The Morgan fingerprint density at radius 1 is 1.27 bits per heavy atom. The minimum Gasteiger partial charge on any atom is -0.444 e. The predicted molar refractivity (Wildman–Crippen MR) is 103 cm³/mol. The maximum absolute atomic E-state index is 12.0. The summed E-state index contributed by atoms with van der Waals surface area (Å²) >= 11 is 4.73. The molecular formula is C18H15BrN4O2S. The molecule has 0 saturated heterocycles. The number of hydrogen-bond acceptors (Lipinski definition) is 5. The van der Waals surface area contributed by atoms with Gasteiger partial charge in [0.2, 0.25) is 4.96 Å². The molecule has 4 aromatic rings. The van der Waals surface area contributed by atoms with Crippen LogP contribution in [0.2, 0.25) is 0 Å². The number of carbonyl (C=O) groups is 1. The van der Waals surface area contributed by atoms with Gasteiger partial charge in [-0.15, -0.1) is 16.4 Å². The fourth-order valence-electron chi connectivity index (χ4n) is 2.55. The molecule has 6 nitrogen and oxygen atoms in total. The van der Waals surface area contributed by atoms with E-state index in [0.717, 1.165) is 16.2 Å². The number of nitrogens with zero attached hydrogens (tertiary/aromatic N) is 3. The van der Waals surface area contributed by atoms with Gasteiger partial charge in [0.1, 0.15) is 0 Å². The first-order valence-electron chi connectivity index (χ1n) is 8.04. The Morgan fingerprint density at radius 2 is 2.08 bits per heavy atom. The van der Waals surface area contributed by atoms with Gasteiger partial charge in [-0.05, 0) is 35.0 Å². The topological polar surface area (TPSA) is 72.4 Å². The molecule has 1 amide bonds. The van der Waals surface area contributed by atoms with Crippen LogP contribution < -0.4 is 5.32 Å². The standard InChI is InChI=1S/C18H15BrN4O2S/c1-11-2-4-12(5-3-11)16-21-18-23(22-16)13(10-26-18)8-9-20-17(24)14-6-7-15(19)25-14/h2-7,10H,8-9H2,1H3,(H,20,24). The molecule has 0 aliphatic heterocycles. The molecule has 0 atom stereocenters. The first-order chi connectivity index (χ1) is 12.6. The lowest BCUT2D eigenvalue weighted by Gasteiger charge is -2.02. The van der Waals surface area contributed by atoms with Crippen molar-refractivity contribution in [2.24, 2.45) is 0 Å². The monoisotopic (exact) mass is 430 g/mol. The van der Waals surface area contributed by atoms with E-state index in [1.807, 2.05) is 34.2 Å². The molecule has 0 saturated carbocycles. The normalized spacial score (nSPS) is 11.2. The third-order valence-electron chi connectivity index (χ3n) is 3.92. The molecule has 1 aromatic carbocycles. The molecule has 1 N–H and O–H groups in total. The van der Waals surface area contributed by atoms with Gasteiger partial charge < -0.3 is 9.73 Å². The lowest BCUT2D eigenvalue weighted by atomic mass is 10.1. The molecule has 3 heterocycles. The quantitative estimate of drug-likeness (QED) is 0.517. The summed E-state index contributed by atoms with van der Waals surface area (Å²) in [6.07, 6.45) is 0.657. The van der Waals surface area contributed by atoms with E-state index in [-0.39, 0.29) is 11.7 Å². The molecule has 132 valence electrons. The van der Waals surface area contributed by atoms with Gasteiger partial charge in [-0.3, -0.25) is 4.79 Å². The predicted octanol–water partition coefficient (Wildman–Crippen LogP) is 4.09. The number of aromatic nitrogens is 3. The van der Waals surface area contributed by atoms with Crippen LogP contribution in [0.25, 0.3) is 16.3 Å². The molecule has 8 heteroatoms. The zero-order chi connectivity index (χ0) is 18.1. The second-order valence-electron chi connectivity index (χ2n) is 5.83. The molecule has 0 aliphatic carbocycles. The summed E-state index contributed by atoms with van der Waals surface area (Å²) in [6, 6.07) is 11.5. The summed E-state index contributed by atoms with van der Waals surface area (Å²) in [5.41, 5.74) is 3.21. The fraction of sp³-hybridized carbons (Fsp3) is 0.167. The zero-order valence-electron chi connectivity index (χ0n) is 13.9. The van der Waals surface area contributed by atoms with Gasteiger partial charge in [0.05, 0.1) is 5.69 Å². The number of amides is 1. The van der Waals surface area contributed by atoms with Crippen LogP contribution in [0.1, 0.15) is 21.8 Å². The maximum Gasteiger partial charge on any atom is 0.287 e. The molecule has 0 fully saturated rings. The van der Waals surface area contributed by atoms with Crippen molar-refractivity contribution in [3.63, 3.8) is 0 Å². The molecule has 0 spiro atoms. The molecule has 3 aromatic heterocycles. The molecule has 0 unspecified atom stereocenters. The molecular weight excluding hydrogens is 416 g/mol. The molecule has 26 heavy (non-hydrogen) atoms. The van der Waals surface area contributed by atoms with Gasteiger partial charge in [-0.1, -0.05) is 29.8 Å². The lowest BCUT2D eigenvalue weighted by Crippen LogP contribution is -2.25. The van der Waals surface area contributed by atoms with Gasteiger partial charge >= 0.3 is 0 Å². The number of halogens is 1. The second-order valence-corrected chi connectivity index (χ2v) is 7.45. The van der Waals surface area contributed by atoms with Crippen molar-refractivity contribution in [1.29, 1.82) is 0 Å². The van der Waals surface area contributed by atoms with E-state index in [0.29, 0.717) is 23.5 Å². The van der Waals surface area contributed by atoms with Gasteiger partial charge in [0.25, 0.3) is 5.91 Å². The molecule has 0 radical (unpaired) electrons. The second kappa shape index (κ2) is 7.05. The summed E-state index contributed by atoms with van der Waals surface area (Å²) in [6.45, 7) is 2.54. The van der Waals surface area contributed by atoms with E-state index in [9.17, 15) is 4.79 Å². The summed E-state index contributed by atoms with van der Waals surface area (Å²) in [4.78, 5) is 17.4. The highest BCUT2D eigenvalue weighted by molar-refractivity contribution is 9.10. The van der Waals surface area contributed by atoms with Gasteiger partial charge in [0, 0.05) is 23.9 Å². The largest absolute Gasteiger partial charge is 0.444 e. The maximum atomic E-state index is 12.0. The van der Waals surface area contributed by atoms with Gasteiger partial charge in [0.15, 0.2) is 16.3 Å². The van der Waals surface area contributed by atoms with E-state index in [4.69, 9.17) is 4.42 Å². The third-order valence-corrected chi connectivity index (χ3v) is 5.21. The van der Waals surface area contributed by atoms with Crippen LogP contribution in [0.15, 0.2) is 50.9 Å². The first kappa shape index (κ1) is 17.0. The van der Waals surface area contributed by atoms with Crippen molar-refractivity contribution >= 4 is 38.1 Å². The zero-order valence-corrected chi connectivity index (χ0v) is 16.3. The minimum atomic E-state index is -0.235. The van der Waals surface area contributed by atoms with Crippen molar-refractivity contribution in [2.45, 2.75) is 13.3 Å². The number of furan rings is 1. The SMILES string of the molecule is Cc1ccc(-c2nc3scc(CCNC(=O)c4ccc(Br)o4)n3n2)cc1. The number of aryl methyl sites for hydroxylation is 1. The van der Waals surface area contributed by atoms with Crippen molar-refractivity contribution < 1.29 is 9.21 Å². The van der Waals surface area contributed by atoms with Crippen LogP contribution in [-0.2, 0) is 6.42 Å². The highest BCUT2D eigenvalue weighted by Crippen LogP contribution is 2.21. The average molecular weight is 431 g/mol. The summed E-state index contributed by atoms with van der Waals surface area (Å²) in [5.74, 6) is 0.762. The van der Waals surface area contributed by atoms with Crippen LogP contribution in [0.5, 0.6) is 0 Å². The van der Waals surface area contributed by atoms with E-state index >= 15 is 0 Å². The van der Waals surface area contributed by atoms with Crippen molar-refractivity contribution in [3.8, 4) is 11.4 Å². The number of benzene rings is 1. The Morgan fingerprint density at radius 3 is 2.81 bits per heavy atom. The molecule has 0 aliphatic rings. The summed E-state index contributed by atoms with van der Waals surface area (Å²) in [5, 5.41) is 9.48. The number of carbonyl (C=O) groups excluding carboxylic acids is 1. The summed E-state index contributed by atoms with van der Waals surface area (Å²) < 4.78 is 7.62. The Hall–Kier alpha value is -2.45. The van der Waals surface area contributed by atoms with Crippen LogP contribution in [0, 0.1) is 6.92 Å².